The molecular formula is C13H18F3NO3. The third-order valence-corrected chi connectivity index (χ3v) is 4.64. The second-order valence-corrected chi connectivity index (χ2v) is 5.77. The average Bonchev–Trinajstić information content (AvgIpc) is 2.84. The molecule has 1 saturated heterocycles. The summed E-state index contributed by atoms with van der Waals surface area (Å²) < 4.78 is 37.4. The molecule has 1 unspecified atom stereocenters. The van der Waals surface area contributed by atoms with E-state index in [4.69, 9.17) is 0 Å². The van der Waals surface area contributed by atoms with E-state index < -0.39 is 23.5 Å². The molecule has 1 heterocycles. The van der Waals surface area contributed by atoms with Crippen molar-refractivity contribution in [3.05, 3.63) is 0 Å². The Morgan fingerprint density at radius 2 is 1.75 bits per heavy atom. The van der Waals surface area contributed by atoms with Gasteiger partial charge in [-0.1, -0.05) is 19.3 Å². The van der Waals surface area contributed by atoms with Crippen molar-refractivity contribution >= 4 is 11.9 Å². The normalized spacial score (nSPS) is 28.6. The number of hydrogen-bond donors (Lipinski definition) is 1. The minimum absolute atomic E-state index is 0.120. The van der Waals surface area contributed by atoms with Gasteiger partial charge in [0.1, 0.15) is 0 Å². The molecule has 4 nitrogen and oxygen atoms in total. The van der Waals surface area contributed by atoms with Gasteiger partial charge < -0.3 is 10.0 Å². The molecule has 1 amide bonds. The van der Waals surface area contributed by atoms with Crippen molar-refractivity contribution in [2.75, 3.05) is 13.1 Å². The number of aliphatic carboxylic acids is 1. The minimum Gasteiger partial charge on any atom is -0.481 e. The fraction of sp³-hybridized carbons (Fsp3) is 0.846. The number of halogens is 3. The highest BCUT2D eigenvalue weighted by Gasteiger charge is 2.54. The molecule has 1 aliphatic carbocycles. The second-order valence-electron chi connectivity index (χ2n) is 5.77. The summed E-state index contributed by atoms with van der Waals surface area (Å²) in [5.41, 5.74) is -1.19. The van der Waals surface area contributed by atoms with Crippen molar-refractivity contribution in [1.82, 2.24) is 4.90 Å². The van der Waals surface area contributed by atoms with Gasteiger partial charge >= 0.3 is 18.1 Å². The molecule has 0 aromatic rings. The van der Waals surface area contributed by atoms with Gasteiger partial charge in [0.25, 0.3) is 0 Å². The first kappa shape index (κ1) is 15.1. The van der Waals surface area contributed by atoms with Crippen LogP contribution in [0.4, 0.5) is 13.2 Å². The number of alkyl halides is 3. The molecule has 1 atom stereocenters. The van der Waals surface area contributed by atoms with Gasteiger partial charge in [-0.3, -0.25) is 9.59 Å². The van der Waals surface area contributed by atoms with Crippen LogP contribution in [-0.4, -0.2) is 41.1 Å². The lowest BCUT2D eigenvalue weighted by Gasteiger charge is -2.36. The number of carbonyl (C=O) groups is 2. The van der Waals surface area contributed by atoms with Crippen LogP contribution in [0.5, 0.6) is 0 Å². The number of hydrogen-bond acceptors (Lipinski definition) is 2. The van der Waals surface area contributed by atoms with Crippen LogP contribution >= 0.6 is 0 Å². The Hall–Kier alpha value is -1.27. The molecule has 1 saturated carbocycles. The zero-order chi connectivity index (χ0) is 15.0. The highest BCUT2D eigenvalue weighted by atomic mass is 19.4. The number of likely N-dealkylation sites (tertiary alicyclic amines) is 1. The predicted molar refractivity (Wildman–Crippen MR) is 63.9 cm³/mol. The summed E-state index contributed by atoms with van der Waals surface area (Å²) in [6.45, 7) is -0.438. The molecule has 0 aromatic heterocycles. The van der Waals surface area contributed by atoms with Crippen LogP contribution in [0.3, 0.4) is 0 Å². The SMILES string of the molecule is O=C(N1CCC(C(=O)O)(C2CCCCC2)C1)C(F)(F)F. The lowest BCUT2D eigenvalue weighted by atomic mass is 9.68. The van der Waals surface area contributed by atoms with E-state index in [1.165, 1.54) is 0 Å². The van der Waals surface area contributed by atoms with Crippen LogP contribution in [0.25, 0.3) is 0 Å². The van der Waals surface area contributed by atoms with Crippen molar-refractivity contribution in [3.63, 3.8) is 0 Å². The first-order valence-corrected chi connectivity index (χ1v) is 6.87. The summed E-state index contributed by atoms with van der Waals surface area (Å²) in [5.74, 6) is -3.11. The van der Waals surface area contributed by atoms with Crippen LogP contribution in [0, 0.1) is 11.3 Å². The van der Waals surface area contributed by atoms with E-state index in [0.717, 1.165) is 32.1 Å². The van der Waals surface area contributed by atoms with Gasteiger partial charge in [-0.05, 0) is 25.2 Å². The van der Waals surface area contributed by atoms with E-state index >= 15 is 0 Å². The number of carboxylic acids is 1. The summed E-state index contributed by atoms with van der Waals surface area (Å²) in [5, 5.41) is 9.50. The molecule has 1 N–H and O–H groups in total. The van der Waals surface area contributed by atoms with Crippen LogP contribution < -0.4 is 0 Å². The maximum Gasteiger partial charge on any atom is 0.471 e. The Kier molecular flexibility index (Phi) is 3.97. The van der Waals surface area contributed by atoms with Gasteiger partial charge in [0.15, 0.2) is 0 Å². The molecule has 2 fully saturated rings. The molecule has 2 aliphatic rings. The molecular weight excluding hydrogens is 275 g/mol. The third kappa shape index (κ3) is 2.62. The first-order valence-electron chi connectivity index (χ1n) is 6.87. The first-order chi connectivity index (χ1) is 9.27. The zero-order valence-electron chi connectivity index (χ0n) is 11.1. The maximum atomic E-state index is 12.5. The molecule has 2 rings (SSSR count). The number of carbonyl (C=O) groups excluding carboxylic acids is 1. The second kappa shape index (κ2) is 5.26. The van der Waals surface area contributed by atoms with Gasteiger partial charge in [0.2, 0.25) is 0 Å². The fourth-order valence-corrected chi connectivity index (χ4v) is 3.52. The topological polar surface area (TPSA) is 57.6 Å². The summed E-state index contributed by atoms with van der Waals surface area (Å²) in [4.78, 5) is 23.5. The summed E-state index contributed by atoms with van der Waals surface area (Å²) in [6.07, 6.45) is -0.506. The minimum atomic E-state index is -4.93. The number of carboxylic acid groups (broad SMARTS) is 1. The summed E-state index contributed by atoms with van der Waals surface area (Å²) >= 11 is 0. The standard InChI is InChI=1S/C13H18F3NO3/c14-13(15,16)10(18)17-7-6-12(8-17,11(19)20)9-4-2-1-3-5-9/h9H,1-8H2,(H,19,20). The van der Waals surface area contributed by atoms with Gasteiger partial charge in [-0.25, -0.2) is 0 Å². The Bertz CT molecular complexity index is 404. The highest BCUT2D eigenvalue weighted by Crippen LogP contribution is 2.45. The van der Waals surface area contributed by atoms with Crippen molar-refractivity contribution in [2.24, 2.45) is 11.3 Å². The lowest BCUT2D eigenvalue weighted by Crippen LogP contribution is -2.45. The highest BCUT2D eigenvalue weighted by molar-refractivity contribution is 5.84. The molecule has 7 heteroatoms. The van der Waals surface area contributed by atoms with E-state index in [1.54, 1.807) is 0 Å². The molecule has 0 radical (unpaired) electrons. The van der Waals surface area contributed by atoms with E-state index in [2.05, 4.69) is 0 Å². The van der Waals surface area contributed by atoms with E-state index in [1.807, 2.05) is 0 Å². The number of amides is 1. The zero-order valence-corrected chi connectivity index (χ0v) is 11.1. The Morgan fingerprint density at radius 1 is 1.15 bits per heavy atom. The Balaban J connectivity index is 2.16. The smallest absolute Gasteiger partial charge is 0.471 e. The molecule has 20 heavy (non-hydrogen) atoms. The lowest BCUT2D eigenvalue weighted by molar-refractivity contribution is -0.185. The molecule has 114 valence electrons. The van der Waals surface area contributed by atoms with Gasteiger partial charge in [0.05, 0.1) is 5.41 Å². The van der Waals surface area contributed by atoms with Crippen LogP contribution in [0.15, 0.2) is 0 Å². The fourth-order valence-electron chi connectivity index (χ4n) is 3.52. The maximum absolute atomic E-state index is 12.5. The van der Waals surface area contributed by atoms with Crippen molar-refractivity contribution in [3.8, 4) is 0 Å². The average molecular weight is 293 g/mol. The summed E-state index contributed by atoms with van der Waals surface area (Å²) in [6, 6.07) is 0. The third-order valence-electron chi connectivity index (χ3n) is 4.64. The van der Waals surface area contributed by atoms with Crippen LogP contribution in [0.2, 0.25) is 0 Å². The summed E-state index contributed by atoms with van der Waals surface area (Å²) in [7, 11) is 0. The molecule has 0 spiro atoms. The van der Waals surface area contributed by atoms with Crippen molar-refractivity contribution in [2.45, 2.75) is 44.7 Å². The van der Waals surface area contributed by atoms with E-state index in [-0.39, 0.29) is 25.4 Å². The molecule has 0 aromatic carbocycles. The monoisotopic (exact) mass is 293 g/mol. The van der Waals surface area contributed by atoms with Gasteiger partial charge in [0, 0.05) is 13.1 Å². The van der Waals surface area contributed by atoms with E-state index in [9.17, 15) is 27.9 Å². The van der Waals surface area contributed by atoms with E-state index in [0.29, 0.717) is 4.90 Å². The van der Waals surface area contributed by atoms with Crippen molar-refractivity contribution < 1.29 is 27.9 Å². The van der Waals surface area contributed by atoms with Crippen molar-refractivity contribution in [1.29, 1.82) is 0 Å². The van der Waals surface area contributed by atoms with Gasteiger partial charge in [-0.15, -0.1) is 0 Å². The molecule has 1 aliphatic heterocycles. The largest absolute Gasteiger partial charge is 0.481 e. The quantitative estimate of drug-likeness (QED) is 0.850. The molecule has 0 bridgehead atoms. The van der Waals surface area contributed by atoms with Gasteiger partial charge in [-0.2, -0.15) is 13.2 Å². The van der Waals surface area contributed by atoms with Crippen LogP contribution in [-0.2, 0) is 9.59 Å². The number of nitrogens with zero attached hydrogens (tertiary/aromatic N) is 1. The Labute approximate surface area is 114 Å². The predicted octanol–water partition coefficient (Wildman–Crippen LogP) is 2.43. The Morgan fingerprint density at radius 3 is 2.25 bits per heavy atom. The van der Waals surface area contributed by atoms with Crippen LogP contribution in [0.1, 0.15) is 38.5 Å². The number of rotatable bonds is 2.